The number of nitrogens with one attached hydrogen (secondary N) is 2. The Morgan fingerprint density at radius 3 is 2.31 bits per heavy atom. The Kier molecular flexibility index (Phi) is 11.6. The van der Waals surface area contributed by atoms with E-state index in [1.165, 1.54) is 70.9 Å². The SMILES string of the molecule is CN=C(NCCCC(=O)OC1CCCC1)NC1CCN(C2CCCCC2)CC1.I. The van der Waals surface area contributed by atoms with Crippen molar-refractivity contribution < 1.29 is 9.53 Å². The Morgan fingerprint density at radius 2 is 1.66 bits per heavy atom. The fourth-order valence-corrected chi connectivity index (χ4v) is 4.93. The van der Waals surface area contributed by atoms with Crippen molar-refractivity contribution in [1.82, 2.24) is 15.5 Å². The molecule has 1 aliphatic heterocycles. The number of esters is 1. The van der Waals surface area contributed by atoms with Crippen molar-refractivity contribution in [2.24, 2.45) is 4.99 Å². The van der Waals surface area contributed by atoms with Gasteiger partial charge in [-0.15, -0.1) is 24.0 Å². The molecule has 0 bridgehead atoms. The standard InChI is InChI=1S/C22H40N4O2.HI/c1-23-22(24-15-7-12-21(27)28-20-10-5-6-11-20)25-18-13-16-26(17-14-18)19-8-3-2-4-9-19;/h18-20H,2-17H2,1H3,(H2,23,24,25);1H. The summed E-state index contributed by atoms with van der Waals surface area (Å²) in [5, 5.41) is 6.93. The zero-order chi connectivity index (χ0) is 19.6. The number of carbonyl (C=O) groups excluding carboxylic acids is 1. The number of piperidine rings is 1. The summed E-state index contributed by atoms with van der Waals surface area (Å²) in [5.41, 5.74) is 0. The van der Waals surface area contributed by atoms with Crippen LogP contribution < -0.4 is 10.6 Å². The van der Waals surface area contributed by atoms with E-state index in [1.54, 1.807) is 0 Å². The minimum atomic E-state index is -0.0493. The van der Waals surface area contributed by atoms with Gasteiger partial charge in [-0.2, -0.15) is 0 Å². The van der Waals surface area contributed by atoms with E-state index < -0.39 is 0 Å². The van der Waals surface area contributed by atoms with Gasteiger partial charge in [-0.1, -0.05) is 19.3 Å². The number of hydrogen-bond acceptors (Lipinski definition) is 4. The maximum atomic E-state index is 11.9. The molecule has 0 aromatic heterocycles. The highest BCUT2D eigenvalue weighted by molar-refractivity contribution is 14.0. The summed E-state index contributed by atoms with van der Waals surface area (Å²) < 4.78 is 5.51. The smallest absolute Gasteiger partial charge is 0.306 e. The summed E-state index contributed by atoms with van der Waals surface area (Å²) >= 11 is 0. The van der Waals surface area contributed by atoms with E-state index in [4.69, 9.17) is 4.74 Å². The lowest BCUT2D eigenvalue weighted by Crippen LogP contribution is -2.51. The van der Waals surface area contributed by atoms with Gasteiger partial charge >= 0.3 is 5.97 Å². The van der Waals surface area contributed by atoms with Crippen LogP contribution in [0.3, 0.4) is 0 Å². The van der Waals surface area contributed by atoms with Gasteiger partial charge in [0.2, 0.25) is 0 Å². The van der Waals surface area contributed by atoms with Crippen molar-refractivity contribution >= 4 is 35.9 Å². The molecule has 2 N–H and O–H groups in total. The zero-order valence-corrected chi connectivity index (χ0v) is 20.5. The fraction of sp³-hybridized carbons (Fsp3) is 0.909. The van der Waals surface area contributed by atoms with E-state index >= 15 is 0 Å². The summed E-state index contributed by atoms with van der Waals surface area (Å²) in [6.45, 7) is 3.15. The first kappa shape index (κ1) is 24.7. The lowest BCUT2D eigenvalue weighted by Gasteiger charge is -2.39. The van der Waals surface area contributed by atoms with E-state index in [0.717, 1.165) is 37.8 Å². The van der Waals surface area contributed by atoms with Crippen LogP contribution in [0.25, 0.3) is 0 Å². The number of aliphatic imine (C=N–C) groups is 1. The van der Waals surface area contributed by atoms with Crippen LogP contribution in [0.2, 0.25) is 0 Å². The predicted octanol–water partition coefficient (Wildman–Crippen LogP) is 3.83. The largest absolute Gasteiger partial charge is 0.462 e. The minimum Gasteiger partial charge on any atom is -0.462 e. The van der Waals surface area contributed by atoms with E-state index in [1.807, 2.05) is 7.05 Å². The highest BCUT2D eigenvalue weighted by atomic mass is 127. The topological polar surface area (TPSA) is 66.0 Å². The van der Waals surface area contributed by atoms with Gasteiger partial charge in [-0.05, 0) is 57.8 Å². The van der Waals surface area contributed by atoms with Crippen molar-refractivity contribution in [2.45, 2.75) is 102 Å². The third-order valence-corrected chi connectivity index (χ3v) is 6.64. The molecule has 0 aromatic carbocycles. The lowest BCUT2D eigenvalue weighted by atomic mass is 9.92. The first-order valence-electron chi connectivity index (χ1n) is 11.7. The van der Waals surface area contributed by atoms with E-state index in [2.05, 4.69) is 20.5 Å². The molecule has 2 saturated carbocycles. The molecule has 0 unspecified atom stereocenters. The number of carbonyl (C=O) groups is 1. The van der Waals surface area contributed by atoms with Crippen LogP contribution in [0.15, 0.2) is 4.99 Å². The quantitative estimate of drug-likeness (QED) is 0.176. The number of ether oxygens (including phenoxy) is 1. The highest BCUT2D eigenvalue weighted by Gasteiger charge is 2.26. The van der Waals surface area contributed by atoms with Crippen molar-refractivity contribution in [1.29, 1.82) is 0 Å². The first-order valence-corrected chi connectivity index (χ1v) is 11.7. The van der Waals surface area contributed by atoms with Crippen molar-refractivity contribution in [3.8, 4) is 0 Å². The Labute approximate surface area is 194 Å². The van der Waals surface area contributed by atoms with Crippen LogP contribution in [0.5, 0.6) is 0 Å². The minimum absolute atomic E-state index is 0. The second-order valence-corrected chi connectivity index (χ2v) is 8.75. The van der Waals surface area contributed by atoms with Crippen molar-refractivity contribution in [3.05, 3.63) is 0 Å². The van der Waals surface area contributed by atoms with Gasteiger partial charge in [0, 0.05) is 45.2 Å². The molecule has 3 rings (SSSR count). The van der Waals surface area contributed by atoms with Crippen LogP contribution in [-0.2, 0) is 9.53 Å². The molecule has 3 aliphatic rings. The van der Waals surface area contributed by atoms with Crippen molar-refractivity contribution in [3.63, 3.8) is 0 Å². The van der Waals surface area contributed by atoms with Gasteiger partial charge < -0.3 is 20.3 Å². The molecule has 7 heteroatoms. The van der Waals surface area contributed by atoms with Gasteiger partial charge in [0.15, 0.2) is 5.96 Å². The van der Waals surface area contributed by atoms with Crippen LogP contribution in [-0.4, -0.2) is 61.7 Å². The number of likely N-dealkylation sites (tertiary alicyclic amines) is 1. The molecule has 1 heterocycles. The third-order valence-electron chi connectivity index (χ3n) is 6.64. The van der Waals surface area contributed by atoms with Gasteiger partial charge in [0.1, 0.15) is 6.10 Å². The number of guanidine groups is 1. The Balaban J connectivity index is 0.00000300. The normalized spacial score (nSPS) is 22.9. The first-order chi connectivity index (χ1) is 13.7. The van der Waals surface area contributed by atoms with Crippen LogP contribution in [0.4, 0.5) is 0 Å². The molecule has 29 heavy (non-hydrogen) atoms. The molecule has 0 spiro atoms. The molecule has 0 radical (unpaired) electrons. The molecule has 6 nitrogen and oxygen atoms in total. The Bertz CT molecular complexity index is 497. The second-order valence-electron chi connectivity index (χ2n) is 8.75. The maximum Gasteiger partial charge on any atom is 0.306 e. The summed E-state index contributed by atoms with van der Waals surface area (Å²) in [4.78, 5) is 19.0. The molecule has 2 aliphatic carbocycles. The Morgan fingerprint density at radius 1 is 1.00 bits per heavy atom. The average molecular weight is 521 g/mol. The number of halogens is 1. The Hall–Kier alpha value is -0.570. The van der Waals surface area contributed by atoms with Gasteiger partial charge in [0.05, 0.1) is 0 Å². The number of nitrogens with zero attached hydrogens (tertiary/aromatic N) is 2. The molecule has 0 amide bonds. The molecular formula is C22H41IN4O2. The summed E-state index contributed by atoms with van der Waals surface area (Å²) in [6.07, 6.45) is 15.3. The van der Waals surface area contributed by atoms with Crippen molar-refractivity contribution in [2.75, 3.05) is 26.7 Å². The maximum absolute atomic E-state index is 11.9. The van der Waals surface area contributed by atoms with Gasteiger partial charge in [-0.3, -0.25) is 9.79 Å². The number of rotatable bonds is 7. The zero-order valence-electron chi connectivity index (χ0n) is 18.2. The van der Waals surface area contributed by atoms with Crippen LogP contribution >= 0.6 is 24.0 Å². The predicted molar refractivity (Wildman–Crippen MR) is 129 cm³/mol. The van der Waals surface area contributed by atoms with Crippen LogP contribution in [0, 0.1) is 0 Å². The monoisotopic (exact) mass is 520 g/mol. The van der Waals surface area contributed by atoms with E-state index in [0.29, 0.717) is 12.5 Å². The summed E-state index contributed by atoms with van der Waals surface area (Å²) in [6, 6.07) is 1.33. The van der Waals surface area contributed by atoms with Crippen LogP contribution in [0.1, 0.15) is 83.5 Å². The van der Waals surface area contributed by atoms with Gasteiger partial charge in [-0.25, -0.2) is 0 Å². The number of hydrogen-bond donors (Lipinski definition) is 2. The van der Waals surface area contributed by atoms with E-state index in [-0.39, 0.29) is 36.0 Å². The lowest BCUT2D eigenvalue weighted by molar-refractivity contribution is -0.148. The molecule has 168 valence electrons. The molecule has 3 fully saturated rings. The fourth-order valence-electron chi connectivity index (χ4n) is 4.93. The molecule has 0 aromatic rings. The summed E-state index contributed by atoms with van der Waals surface area (Å²) in [7, 11) is 1.82. The molecular weight excluding hydrogens is 479 g/mol. The molecule has 0 atom stereocenters. The van der Waals surface area contributed by atoms with Gasteiger partial charge in [0.25, 0.3) is 0 Å². The average Bonchev–Trinajstić information content (AvgIpc) is 3.24. The molecule has 1 saturated heterocycles. The third kappa shape index (κ3) is 8.59. The summed E-state index contributed by atoms with van der Waals surface area (Å²) in [5.74, 6) is 0.812. The van der Waals surface area contributed by atoms with E-state index in [9.17, 15) is 4.79 Å². The highest BCUT2D eigenvalue weighted by Crippen LogP contribution is 2.25. The second kappa shape index (κ2) is 13.7.